The molecule has 2 aromatic carbocycles. The van der Waals surface area contributed by atoms with Crippen LogP contribution in [-0.4, -0.2) is 18.0 Å². The van der Waals surface area contributed by atoms with Gasteiger partial charge in [0.2, 0.25) is 0 Å². The van der Waals surface area contributed by atoms with E-state index in [1.807, 2.05) is 30.3 Å². The number of benzene rings is 2. The molecule has 0 bridgehead atoms. The Hall–Kier alpha value is -1.75. The molecule has 1 unspecified atom stereocenters. The lowest BCUT2D eigenvalue weighted by atomic mass is 10.0. The molecular weight excluding hydrogens is 290 g/mol. The molecule has 0 aliphatic carbocycles. The van der Waals surface area contributed by atoms with Crippen LogP contribution in [0.15, 0.2) is 54.6 Å². The second-order valence-corrected chi connectivity index (χ2v) is 6.12. The first-order chi connectivity index (χ1) is 10.8. The van der Waals surface area contributed by atoms with Gasteiger partial charge < -0.3 is 0 Å². The van der Waals surface area contributed by atoms with Gasteiger partial charge in [0.15, 0.2) is 0 Å². The standard InChI is InChI=1S/C20H20ClN/c21-19-12-10-18(11-13-19)20(22-15-5-2-6-16-22)14-9-17-7-3-1-4-8-17/h1,3-4,7-8,10-13,20H,2,5-6,15-16H2. The summed E-state index contributed by atoms with van der Waals surface area (Å²) < 4.78 is 0. The summed E-state index contributed by atoms with van der Waals surface area (Å²) in [4.78, 5) is 2.49. The molecule has 1 aliphatic rings. The zero-order valence-electron chi connectivity index (χ0n) is 12.6. The summed E-state index contributed by atoms with van der Waals surface area (Å²) >= 11 is 6.03. The molecule has 1 fully saturated rings. The van der Waals surface area contributed by atoms with Crippen molar-refractivity contribution in [3.63, 3.8) is 0 Å². The molecule has 0 amide bonds. The van der Waals surface area contributed by atoms with Gasteiger partial charge in [-0.15, -0.1) is 0 Å². The van der Waals surface area contributed by atoms with Crippen molar-refractivity contribution in [1.82, 2.24) is 4.90 Å². The second-order valence-electron chi connectivity index (χ2n) is 5.69. The first kappa shape index (κ1) is 15.2. The Morgan fingerprint density at radius 2 is 1.55 bits per heavy atom. The van der Waals surface area contributed by atoms with E-state index in [1.54, 1.807) is 0 Å². The predicted octanol–water partition coefficient (Wildman–Crippen LogP) is 4.92. The van der Waals surface area contributed by atoms with Crippen LogP contribution in [0.2, 0.25) is 5.02 Å². The molecule has 0 N–H and O–H groups in total. The molecule has 0 aromatic heterocycles. The van der Waals surface area contributed by atoms with E-state index in [9.17, 15) is 0 Å². The number of halogens is 1. The molecule has 1 nitrogen and oxygen atoms in total. The number of piperidine rings is 1. The van der Waals surface area contributed by atoms with Gasteiger partial charge in [0.1, 0.15) is 0 Å². The SMILES string of the molecule is Clc1ccc(C(C#Cc2ccccc2)N2CCCCC2)cc1. The zero-order chi connectivity index (χ0) is 15.2. The van der Waals surface area contributed by atoms with Crippen molar-refractivity contribution in [2.75, 3.05) is 13.1 Å². The van der Waals surface area contributed by atoms with Gasteiger partial charge in [-0.1, -0.05) is 60.2 Å². The number of hydrogen-bond donors (Lipinski definition) is 0. The largest absolute Gasteiger partial charge is 0.286 e. The fraction of sp³-hybridized carbons (Fsp3) is 0.300. The minimum Gasteiger partial charge on any atom is -0.286 e. The van der Waals surface area contributed by atoms with Crippen LogP contribution in [-0.2, 0) is 0 Å². The summed E-state index contributed by atoms with van der Waals surface area (Å²) in [5, 5.41) is 0.775. The fourth-order valence-corrected chi connectivity index (χ4v) is 3.01. The Morgan fingerprint density at radius 1 is 0.864 bits per heavy atom. The highest BCUT2D eigenvalue weighted by Crippen LogP contribution is 2.25. The molecule has 1 atom stereocenters. The van der Waals surface area contributed by atoms with Crippen molar-refractivity contribution in [2.45, 2.75) is 25.3 Å². The molecule has 0 saturated carbocycles. The van der Waals surface area contributed by atoms with Gasteiger partial charge in [0.05, 0.1) is 6.04 Å². The summed E-state index contributed by atoms with van der Waals surface area (Å²) in [7, 11) is 0. The Bertz CT molecular complexity index is 646. The van der Waals surface area contributed by atoms with Crippen molar-refractivity contribution >= 4 is 11.6 Å². The summed E-state index contributed by atoms with van der Waals surface area (Å²) in [5.74, 6) is 6.80. The highest BCUT2D eigenvalue weighted by molar-refractivity contribution is 6.30. The number of rotatable bonds is 2. The number of hydrogen-bond acceptors (Lipinski definition) is 1. The van der Waals surface area contributed by atoms with Crippen LogP contribution >= 0.6 is 11.6 Å². The lowest BCUT2D eigenvalue weighted by Gasteiger charge is -2.31. The monoisotopic (exact) mass is 309 g/mol. The fourth-order valence-electron chi connectivity index (χ4n) is 2.88. The van der Waals surface area contributed by atoms with E-state index in [0.717, 1.165) is 23.7 Å². The highest BCUT2D eigenvalue weighted by atomic mass is 35.5. The first-order valence-electron chi connectivity index (χ1n) is 7.89. The van der Waals surface area contributed by atoms with E-state index in [-0.39, 0.29) is 6.04 Å². The van der Waals surface area contributed by atoms with Gasteiger partial charge in [0, 0.05) is 10.6 Å². The first-order valence-corrected chi connectivity index (χ1v) is 8.27. The maximum Gasteiger partial charge on any atom is 0.0974 e. The zero-order valence-corrected chi connectivity index (χ0v) is 13.4. The second kappa shape index (κ2) is 7.49. The van der Waals surface area contributed by atoms with Crippen LogP contribution in [0.25, 0.3) is 0 Å². The van der Waals surface area contributed by atoms with Crippen LogP contribution in [0.3, 0.4) is 0 Å². The smallest absolute Gasteiger partial charge is 0.0974 e. The highest BCUT2D eigenvalue weighted by Gasteiger charge is 2.20. The molecular formula is C20H20ClN. The van der Waals surface area contributed by atoms with Crippen LogP contribution in [0.1, 0.15) is 36.4 Å². The topological polar surface area (TPSA) is 3.24 Å². The number of nitrogens with zero attached hydrogens (tertiary/aromatic N) is 1. The van der Waals surface area contributed by atoms with E-state index in [2.05, 4.69) is 41.0 Å². The third kappa shape index (κ3) is 3.91. The Balaban J connectivity index is 1.89. The predicted molar refractivity (Wildman–Crippen MR) is 92.9 cm³/mol. The molecule has 22 heavy (non-hydrogen) atoms. The normalized spacial score (nSPS) is 16.6. The van der Waals surface area contributed by atoms with E-state index < -0.39 is 0 Å². The lowest BCUT2D eigenvalue weighted by molar-refractivity contribution is 0.197. The maximum atomic E-state index is 6.03. The van der Waals surface area contributed by atoms with Crippen LogP contribution in [0.5, 0.6) is 0 Å². The molecule has 2 aromatic rings. The van der Waals surface area contributed by atoms with E-state index >= 15 is 0 Å². The van der Waals surface area contributed by atoms with Crippen LogP contribution in [0.4, 0.5) is 0 Å². The van der Waals surface area contributed by atoms with Gasteiger partial charge in [-0.25, -0.2) is 0 Å². The molecule has 1 saturated heterocycles. The Kier molecular flexibility index (Phi) is 5.16. The molecule has 1 heterocycles. The summed E-state index contributed by atoms with van der Waals surface area (Å²) in [6.45, 7) is 2.24. The van der Waals surface area contributed by atoms with Crippen molar-refractivity contribution in [3.05, 3.63) is 70.7 Å². The summed E-state index contributed by atoms with van der Waals surface area (Å²) in [5.41, 5.74) is 2.30. The summed E-state index contributed by atoms with van der Waals surface area (Å²) in [6.07, 6.45) is 3.85. The van der Waals surface area contributed by atoms with Crippen LogP contribution < -0.4 is 0 Å². The van der Waals surface area contributed by atoms with Gasteiger partial charge in [0.25, 0.3) is 0 Å². The van der Waals surface area contributed by atoms with Crippen molar-refractivity contribution in [2.24, 2.45) is 0 Å². The van der Waals surface area contributed by atoms with Crippen molar-refractivity contribution in [3.8, 4) is 11.8 Å². The van der Waals surface area contributed by atoms with Gasteiger partial charge >= 0.3 is 0 Å². The average Bonchev–Trinajstić information content (AvgIpc) is 2.58. The molecule has 1 aliphatic heterocycles. The van der Waals surface area contributed by atoms with Crippen molar-refractivity contribution in [1.29, 1.82) is 0 Å². The molecule has 0 radical (unpaired) electrons. The van der Waals surface area contributed by atoms with Crippen molar-refractivity contribution < 1.29 is 0 Å². The molecule has 2 heteroatoms. The third-order valence-corrected chi connectivity index (χ3v) is 4.32. The molecule has 3 rings (SSSR count). The molecule has 112 valence electrons. The van der Waals surface area contributed by atoms with Gasteiger partial charge in [-0.2, -0.15) is 0 Å². The lowest BCUT2D eigenvalue weighted by Crippen LogP contribution is -2.33. The average molecular weight is 310 g/mol. The number of likely N-dealkylation sites (tertiary alicyclic amines) is 1. The van der Waals surface area contributed by atoms with E-state index in [4.69, 9.17) is 11.6 Å². The minimum absolute atomic E-state index is 0.151. The maximum absolute atomic E-state index is 6.03. The van der Waals surface area contributed by atoms with Crippen LogP contribution in [0, 0.1) is 11.8 Å². The molecule has 0 spiro atoms. The quantitative estimate of drug-likeness (QED) is 0.712. The minimum atomic E-state index is 0.151. The van der Waals surface area contributed by atoms with Gasteiger partial charge in [-0.3, -0.25) is 4.90 Å². The van der Waals surface area contributed by atoms with E-state index in [1.165, 1.54) is 24.8 Å². The Labute approximate surface area is 137 Å². The Morgan fingerprint density at radius 3 is 2.23 bits per heavy atom. The third-order valence-electron chi connectivity index (χ3n) is 4.07. The van der Waals surface area contributed by atoms with E-state index in [0.29, 0.717) is 0 Å². The summed E-state index contributed by atoms with van der Waals surface area (Å²) in [6, 6.07) is 18.5. The van der Waals surface area contributed by atoms with Gasteiger partial charge in [-0.05, 0) is 55.8 Å².